The molecule has 0 aliphatic carbocycles. The number of H-pyrrole nitrogens is 1. The molecule has 0 fully saturated rings. The number of nitro groups is 1. The van der Waals surface area contributed by atoms with Crippen LogP contribution in [-0.2, 0) is 0 Å². The Balaban J connectivity index is 2.38. The highest BCUT2D eigenvalue weighted by atomic mass is 16.6. The quantitative estimate of drug-likeness (QED) is 0.669. The van der Waals surface area contributed by atoms with Crippen molar-refractivity contribution < 1.29 is 9.72 Å². The minimum absolute atomic E-state index is 0.0171. The van der Waals surface area contributed by atoms with Gasteiger partial charge in [-0.2, -0.15) is 5.10 Å². The molecular formula is C14H16N4O3. The molecule has 0 atom stereocenters. The third kappa shape index (κ3) is 2.76. The van der Waals surface area contributed by atoms with Gasteiger partial charge in [0, 0.05) is 17.3 Å². The molecule has 0 radical (unpaired) electrons. The summed E-state index contributed by atoms with van der Waals surface area (Å²) in [7, 11) is 0. The second-order valence-corrected chi connectivity index (χ2v) is 4.97. The summed E-state index contributed by atoms with van der Waals surface area (Å²) in [6, 6.07) is 3.07. The van der Waals surface area contributed by atoms with Crippen molar-refractivity contribution >= 4 is 17.3 Å². The predicted molar refractivity (Wildman–Crippen MR) is 78.6 cm³/mol. The van der Waals surface area contributed by atoms with Gasteiger partial charge in [-0.15, -0.1) is 0 Å². The van der Waals surface area contributed by atoms with Crippen LogP contribution in [0.3, 0.4) is 0 Å². The normalized spacial score (nSPS) is 10.5. The fourth-order valence-corrected chi connectivity index (χ4v) is 2.24. The third-order valence-electron chi connectivity index (χ3n) is 3.34. The summed E-state index contributed by atoms with van der Waals surface area (Å²) in [6.07, 6.45) is 0. The molecule has 1 amide bonds. The molecule has 2 aromatic rings. The summed E-state index contributed by atoms with van der Waals surface area (Å²) in [5, 5.41) is 20.4. The van der Waals surface area contributed by atoms with Crippen LogP contribution in [0.2, 0.25) is 0 Å². The Kier molecular flexibility index (Phi) is 3.75. The Morgan fingerprint density at radius 2 is 1.90 bits per heavy atom. The summed E-state index contributed by atoms with van der Waals surface area (Å²) in [5.74, 6) is -0.333. The van der Waals surface area contributed by atoms with E-state index < -0.39 is 4.92 Å². The van der Waals surface area contributed by atoms with Crippen molar-refractivity contribution in [2.24, 2.45) is 0 Å². The van der Waals surface area contributed by atoms with E-state index in [-0.39, 0.29) is 11.6 Å². The van der Waals surface area contributed by atoms with Crippen molar-refractivity contribution in [2.45, 2.75) is 27.7 Å². The number of nitrogens with zero attached hydrogens (tertiary/aromatic N) is 2. The lowest BCUT2D eigenvalue weighted by Crippen LogP contribution is -2.15. The van der Waals surface area contributed by atoms with Gasteiger partial charge >= 0.3 is 0 Å². The van der Waals surface area contributed by atoms with E-state index in [1.54, 1.807) is 33.8 Å². The molecule has 0 aliphatic heterocycles. The van der Waals surface area contributed by atoms with Gasteiger partial charge in [-0.25, -0.2) is 0 Å². The monoisotopic (exact) mass is 288 g/mol. The number of anilines is 1. The number of nitrogens with one attached hydrogen (secondary N) is 2. The number of aryl methyl sites for hydroxylation is 4. The van der Waals surface area contributed by atoms with Gasteiger partial charge in [0.05, 0.1) is 21.9 Å². The standard InChI is InChI=1S/C14H16N4O3/c1-7-5-8(2)12(18(20)21)6-11(7)15-14(19)13-9(3)16-17-10(13)4/h5-6H,1-4H3,(H,15,19)(H,16,17). The van der Waals surface area contributed by atoms with E-state index in [1.807, 2.05) is 0 Å². The number of carbonyl (C=O) groups is 1. The molecule has 7 heteroatoms. The summed E-state index contributed by atoms with van der Waals surface area (Å²) in [6.45, 7) is 6.94. The average molecular weight is 288 g/mol. The lowest BCUT2D eigenvalue weighted by atomic mass is 10.1. The number of benzene rings is 1. The molecule has 0 aliphatic rings. The van der Waals surface area contributed by atoms with Gasteiger partial charge in [-0.3, -0.25) is 20.0 Å². The van der Waals surface area contributed by atoms with Crippen molar-refractivity contribution in [3.63, 3.8) is 0 Å². The Morgan fingerprint density at radius 3 is 2.43 bits per heavy atom. The van der Waals surface area contributed by atoms with E-state index >= 15 is 0 Å². The van der Waals surface area contributed by atoms with Crippen LogP contribution in [-0.4, -0.2) is 21.0 Å². The topological polar surface area (TPSA) is 101 Å². The van der Waals surface area contributed by atoms with Crippen LogP contribution in [0.15, 0.2) is 12.1 Å². The summed E-state index contributed by atoms with van der Waals surface area (Å²) >= 11 is 0. The first-order chi connectivity index (χ1) is 9.81. The van der Waals surface area contributed by atoms with Crippen LogP contribution in [0, 0.1) is 37.8 Å². The van der Waals surface area contributed by atoms with Crippen LogP contribution >= 0.6 is 0 Å². The summed E-state index contributed by atoms with van der Waals surface area (Å²) in [4.78, 5) is 22.8. The minimum atomic E-state index is -0.460. The molecule has 0 saturated carbocycles. The zero-order chi connectivity index (χ0) is 15.7. The maximum atomic E-state index is 12.3. The lowest BCUT2D eigenvalue weighted by Gasteiger charge is -2.10. The van der Waals surface area contributed by atoms with Crippen molar-refractivity contribution in [3.05, 3.63) is 50.3 Å². The second-order valence-electron chi connectivity index (χ2n) is 4.97. The zero-order valence-electron chi connectivity index (χ0n) is 12.3. The van der Waals surface area contributed by atoms with Crippen LogP contribution in [0.5, 0.6) is 0 Å². The van der Waals surface area contributed by atoms with Gasteiger partial charge in [0.15, 0.2) is 0 Å². The van der Waals surface area contributed by atoms with E-state index in [1.165, 1.54) is 6.07 Å². The van der Waals surface area contributed by atoms with Gasteiger partial charge in [-0.1, -0.05) is 0 Å². The van der Waals surface area contributed by atoms with Crippen LogP contribution in [0.25, 0.3) is 0 Å². The van der Waals surface area contributed by atoms with Gasteiger partial charge in [0.1, 0.15) is 0 Å². The zero-order valence-corrected chi connectivity index (χ0v) is 12.3. The highest BCUT2D eigenvalue weighted by molar-refractivity contribution is 6.06. The highest BCUT2D eigenvalue weighted by Crippen LogP contribution is 2.27. The molecule has 7 nitrogen and oxygen atoms in total. The smallest absolute Gasteiger partial charge is 0.274 e. The van der Waals surface area contributed by atoms with E-state index in [9.17, 15) is 14.9 Å². The molecule has 21 heavy (non-hydrogen) atoms. The van der Waals surface area contributed by atoms with E-state index in [4.69, 9.17) is 0 Å². The maximum Gasteiger partial charge on any atom is 0.274 e. The average Bonchev–Trinajstić information content (AvgIpc) is 2.71. The second kappa shape index (κ2) is 5.35. The molecule has 2 N–H and O–H groups in total. The molecule has 110 valence electrons. The van der Waals surface area contributed by atoms with E-state index in [0.29, 0.717) is 28.2 Å². The molecule has 1 heterocycles. The Bertz CT molecular complexity index is 715. The molecule has 0 spiro atoms. The fourth-order valence-electron chi connectivity index (χ4n) is 2.24. The minimum Gasteiger partial charge on any atom is -0.321 e. The van der Waals surface area contributed by atoms with Crippen molar-refractivity contribution in [1.29, 1.82) is 0 Å². The first-order valence-corrected chi connectivity index (χ1v) is 6.39. The predicted octanol–water partition coefficient (Wildman–Crippen LogP) is 2.80. The van der Waals surface area contributed by atoms with Crippen molar-refractivity contribution in [2.75, 3.05) is 5.32 Å². The van der Waals surface area contributed by atoms with Gasteiger partial charge in [0.25, 0.3) is 11.6 Å². The molecule has 1 aromatic carbocycles. The molecule has 0 unspecified atom stereocenters. The molecule has 2 rings (SSSR count). The first kappa shape index (κ1) is 14.7. The van der Waals surface area contributed by atoms with Crippen LogP contribution in [0.1, 0.15) is 32.9 Å². The van der Waals surface area contributed by atoms with Crippen molar-refractivity contribution in [3.8, 4) is 0 Å². The number of aromatic amines is 1. The number of carbonyl (C=O) groups excluding carboxylic acids is 1. The highest BCUT2D eigenvalue weighted by Gasteiger charge is 2.19. The molecular weight excluding hydrogens is 272 g/mol. The molecule has 0 saturated heterocycles. The number of aromatic nitrogens is 2. The van der Waals surface area contributed by atoms with E-state index in [2.05, 4.69) is 15.5 Å². The maximum absolute atomic E-state index is 12.3. The Morgan fingerprint density at radius 1 is 1.24 bits per heavy atom. The SMILES string of the molecule is Cc1cc(C)c([N+](=O)[O-])cc1NC(=O)c1c(C)n[nH]c1C. The molecule has 0 bridgehead atoms. The first-order valence-electron chi connectivity index (χ1n) is 6.39. The number of rotatable bonds is 3. The van der Waals surface area contributed by atoms with E-state index in [0.717, 1.165) is 5.56 Å². The molecule has 1 aromatic heterocycles. The van der Waals surface area contributed by atoms with Crippen molar-refractivity contribution in [1.82, 2.24) is 10.2 Å². The largest absolute Gasteiger partial charge is 0.321 e. The van der Waals surface area contributed by atoms with Gasteiger partial charge in [-0.05, 0) is 39.3 Å². The number of amides is 1. The summed E-state index contributed by atoms with van der Waals surface area (Å²) < 4.78 is 0. The number of hydrogen-bond acceptors (Lipinski definition) is 4. The number of nitro benzene ring substituents is 1. The van der Waals surface area contributed by atoms with Gasteiger partial charge in [0.2, 0.25) is 0 Å². The van der Waals surface area contributed by atoms with Gasteiger partial charge < -0.3 is 5.32 Å². The third-order valence-corrected chi connectivity index (χ3v) is 3.34. The summed E-state index contributed by atoms with van der Waals surface area (Å²) in [5.41, 5.74) is 3.44. The fraction of sp³-hybridized carbons (Fsp3) is 0.286. The van der Waals surface area contributed by atoms with Crippen LogP contribution < -0.4 is 5.32 Å². The number of hydrogen-bond donors (Lipinski definition) is 2. The Hall–Kier alpha value is -2.70. The van der Waals surface area contributed by atoms with Crippen LogP contribution in [0.4, 0.5) is 11.4 Å². The lowest BCUT2D eigenvalue weighted by molar-refractivity contribution is -0.385. The Labute approximate surface area is 121 Å².